The van der Waals surface area contributed by atoms with Crippen LogP contribution in [-0.2, 0) is 6.54 Å². The second-order valence-electron chi connectivity index (χ2n) is 3.95. The summed E-state index contributed by atoms with van der Waals surface area (Å²) in [6, 6.07) is 9.95. The minimum atomic E-state index is -0.981. The largest absolute Gasteiger partial charge is 0.465 e. The van der Waals surface area contributed by atoms with Gasteiger partial charge in [0, 0.05) is 24.8 Å². The van der Waals surface area contributed by atoms with Crippen molar-refractivity contribution in [1.82, 2.24) is 14.9 Å². The molecule has 94 valence electrons. The zero-order chi connectivity index (χ0) is 12.8. The third kappa shape index (κ3) is 3.35. The van der Waals surface area contributed by atoms with E-state index in [-0.39, 0.29) is 0 Å². The molecule has 0 atom stereocenters. The second-order valence-corrected chi connectivity index (χ2v) is 3.95. The van der Waals surface area contributed by atoms with Crippen LogP contribution < -0.4 is 5.32 Å². The Morgan fingerprint density at radius 3 is 2.83 bits per heavy atom. The highest BCUT2D eigenvalue weighted by atomic mass is 16.4. The highest BCUT2D eigenvalue weighted by Crippen LogP contribution is 2.15. The van der Waals surface area contributed by atoms with E-state index in [0.717, 1.165) is 24.2 Å². The molecule has 0 aliphatic heterocycles. The molecule has 1 aromatic heterocycles. The van der Waals surface area contributed by atoms with E-state index in [0.29, 0.717) is 6.54 Å². The van der Waals surface area contributed by atoms with Gasteiger partial charge in [-0.05, 0) is 6.42 Å². The first-order valence-corrected chi connectivity index (χ1v) is 5.80. The highest BCUT2D eigenvalue weighted by molar-refractivity contribution is 5.64. The average Bonchev–Trinajstić information content (AvgIpc) is 2.84. The summed E-state index contributed by atoms with van der Waals surface area (Å²) < 4.78 is 1.96. The van der Waals surface area contributed by atoms with Gasteiger partial charge in [-0.15, -0.1) is 0 Å². The van der Waals surface area contributed by atoms with Crippen molar-refractivity contribution in [3.8, 4) is 11.3 Å². The van der Waals surface area contributed by atoms with Crippen LogP contribution in [0.5, 0.6) is 0 Å². The maximum absolute atomic E-state index is 10.3. The third-order valence-corrected chi connectivity index (χ3v) is 2.57. The van der Waals surface area contributed by atoms with Gasteiger partial charge in [0.05, 0.1) is 12.0 Å². The summed E-state index contributed by atoms with van der Waals surface area (Å²) in [5.74, 6) is 0. The van der Waals surface area contributed by atoms with Gasteiger partial charge in [0.15, 0.2) is 0 Å². The van der Waals surface area contributed by atoms with Crippen LogP contribution in [0.25, 0.3) is 11.3 Å². The van der Waals surface area contributed by atoms with E-state index in [4.69, 9.17) is 5.11 Å². The predicted molar refractivity (Wildman–Crippen MR) is 68.3 cm³/mol. The molecule has 5 nitrogen and oxygen atoms in total. The third-order valence-electron chi connectivity index (χ3n) is 2.57. The molecule has 5 heteroatoms. The molecule has 0 saturated heterocycles. The van der Waals surface area contributed by atoms with E-state index in [1.54, 1.807) is 6.33 Å². The molecular formula is C13H15N3O2. The summed E-state index contributed by atoms with van der Waals surface area (Å²) in [5.41, 5.74) is 2.02. The van der Waals surface area contributed by atoms with Crippen LogP contribution in [0, 0.1) is 0 Å². The molecule has 0 bridgehead atoms. The topological polar surface area (TPSA) is 67.2 Å². The number of nitrogens with zero attached hydrogens (tertiary/aromatic N) is 2. The Morgan fingerprint density at radius 2 is 2.11 bits per heavy atom. The minimum Gasteiger partial charge on any atom is -0.465 e. The van der Waals surface area contributed by atoms with Crippen molar-refractivity contribution < 1.29 is 9.90 Å². The molecule has 2 rings (SSSR count). The number of carbonyl (C=O) groups is 1. The van der Waals surface area contributed by atoms with E-state index >= 15 is 0 Å². The highest BCUT2D eigenvalue weighted by Gasteiger charge is 2.01. The molecule has 0 fully saturated rings. The molecule has 2 N–H and O–H groups in total. The first-order chi connectivity index (χ1) is 8.75. The number of amides is 1. The molecule has 1 aromatic carbocycles. The van der Waals surface area contributed by atoms with Crippen LogP contribution >= 0.6 is 0 Å². The molecule has 0 radical (unpaired) electrons. The van der Waals surface area contributed by atoms with Crippen molar-refractivity contribution in [2.75, 3.05) is 6.54 Å². The number of aryl methyl sites for hydroxylation is 1. The predicted octanol–water partition coefficient (Wildman–Crippen LogP) is 2.21. The van der Waals surface area contributed by atoms with Gasteiger partial charge in [-0.25, -0.2) is 9.78 Å². The molecule has 0 aliphatic rings. The second kappa shape index (κ2) is 5.86. The van der Waals surface area contributed by atoms with Crippen LogP contribution in [0.2, 0.25) is 0 Å². The van der Waals surface area contributed by atoms with Gasteiger partial charge in [-0.2, -0.15) is 0 Å². The molecule has 0 aliphatic carbocycles. The number of rotatable bonds is 5. The number of nitrogens with one attached hydrogen (secondary N) is 1. The fraction of sp³-hybridized carbons (Fsp3) is 0.231. The number of benzene rings is 1. The van der Waals surface area contributed by atoms with Crippen molar-refractivity contribution in [3.05, 3.63) is 42.9 Å². The van der Waals surface area contributed by atoms with Crippen LogP contribution in [-0.4, -0.2) is 27.3 Å². The van der Waals surface area contributed by atoms with Gasteiger partial charge in [-0.3, -0.25) is 0 Å². The lowest BCUT2D eigenvalue weighted by Gasteiger charge is -2.01. The van der Waals surface area contributed by atoms with E-state index in [9.17, 15) is 4.79 Å². The number of aromatic nitrogens is 2. The van der Waals surface area contributed by atoms with Gasteiger partial charge < -0.3 is 15.0 Å². The number of carboxylic acid groups (broad SMARTS) is 1. The van der Waals surface area contributed by atoms with E-state index < -0.39 is 6.09 Å². The summed E-state index contributed by atoms with van der Waals surface area (Å²) in [6.07, 6.45) is 3.50. The van der Waals surface area contributed by atoms with Gasteiger partial charge in [0.1, 0.15) is 0 Å². The summed E-state index contributed by atoms with van der Waals surface area (Å²) in [7, 11) is 0. The zero-order valence-electron chi connectivity index (χ0n) is 9.91. The van der Waals surface area contributed by atoms with Crippen LogP contribution in [0.3, 0.4) is 0 Å². The fourth-order valence-corrected chi connectivity index (χ4v) is 1.70. The number of imidazole rings is 1. The maximum atomic E-state index is 10.3. The molecule has 0 unspecified atom stereocenters. The average molecular weight is 245 g/mol. The Hall–Kier alpha value is -2.30. The molecule has 0 saturated carbocycles. The molecular weight excluding hydrogens is 230 g/mol. The Balaban J connectivity index is 1.89. The Bertz CT molecular complexity index is 508. The van der Waals surface area contributed by atoms with Crippen LogP contribution in [0.15, 0.2) is 42.9 Å². The monoisotopic (exact) mass is 245 g/mol. The lowest BCUT2D eigenvalue weighted by molar-refractivity contribution is 0.194. The standard InChI is InChI=1S/C13H15N3O2/c17-13(18)14-7-4-8-16-9-12(15-10-16)11-5-2-1-3-6-11/h1-3,5-6,9-10,14H,4,7-8H2,(H,17,18). The van der Waals surface area contributed by atoms with E-state index in [1.165, 1.54) is 0 Å². The van der Waals surface area contributed by atoms with Gasteiger partial charge in [0.25, 0.3) is 0 Å². The lowest BCUT2D eigenvalue weighted by Crippen LogP contribution is -2.22. The van der Waals surface area contributed by atoms with Gasteiger partial charge >= 0.3 is 6.09 Å². The summed E-state index contributed by atoms with van der Waals surface area (Å²) in [6.45, 7) is 1.20. The molecule has 18 heavy (non-hydrogen) atoms. The molecule has 0 spiro atoms. The van der Waals surface area contributed by atoms with Gasteiger partial charge in [-0.1, -0.05) is 30.3 Å². The quantitative estimate of drug-likeness (QED) is 0.793. The number of hydrogen-bond donors (Lipinski definition) is 2. The smallest absolute Gasteiger partial charge is 0.404 e. The SMILES string of the molecule is O=C(O)NCCCn1cnc(-c2ccccc2)c1. The summed E-state index contributed by atoms with van der Waals surface area (Å²) >= 11 is 0. The van der Waals surface area contributed by atoms with Crippen molar-refractivity contribution in [3.63, 3.8) is 0 Å². The Morgan fingerprint density at radius 1 is 1.33 bits per heavy atom. The van der Waals surface area contributed by atoms with Crippen molar-refractivity contribution in [2.24, 2.45) is 0 Å². The normalized spacial score (nSPS) is 10.2. The zero-order valence-corrected chi connectivity index (χ0v) is 9.91. The number of hydrogen-bond acceptors (Lipinski definition) is 2. The minimum absolute atomic E-state index is 0.453. The molecule has 1 heterocycles. The van der Waals surface area contributed by atoms with Crippen molar-refractivity contribution >= 4 is 6.09 Å². The summed E-state index contributed by atoms with van der Waals surface area (Å²) in [4.78, 5) is 14.6. The maximum Gasteiger partial charge on any atom is 0.404 e. The van der Waals surface area contributed by atoms with Crippen LogP contribution in [0.1, 0.15) is 6.42 Å². The first-order valence-electron chi connectivity index (χ1n) is 5.80. The lowest BCUT2D eigenvalue weighted by atomic mass is 10.2. The van der Waals surface area contributed by atoms with E-state index in [1.807, 2.05) is 41.1 Å². The van der Waals surface area contributed by atoms with E-state index in [2.05, 4.69) is 10.3 Å². The molecule has 1 amide bonds. The van der Waals surface area contributed by atoms with Crippen molar-refractivity contribution in [1.29, 1.82) is 0 Å². The first kappa shape index (κ1) is 12.2. The van der Waals surface area contributed by atoms with Gasteiger partial charge in [0.2, 0.25) is 0 Å². The fourth-order valence-electron chi connectivity index (χ4n) is 1.70. The van der Waals surface area contributed by atoms with Crippen LogP contribution in [0.4, 0.5) is 4.79 Å². The van der Waals surface area contributed by atoms with Crippen molar-refractivity contribution in [2.45, 2.75) is 13.0 Å². The molecule has 2 aromatic rings. The Labute approximate surface area is 105 Å². The Kier molecular flexibility index (Phi) is 3.96. The summed E-state index contributed by atoms with van der Waals surface area (Å²) in [5, 5.41) is 10.8.